The van der Waals surface area contributed by atoms with Crippen LogP contribution in [0.15, 0.2) is 35.5 Å². The van der Waals surface area contributed by atoms with Gasteiger partial charge in [-0.15, -0.1) is 0 Å². The molecule has 0 amide bonds. The first-order valence-electron chi connectivity index (χ1n) is 22.4. The zero-order chi connectivity index (χ0) is 47.0. The zero-order valence-electron chi connectivity index (χ0n) is 39.7. The molecule has 17 nitrogen and oxygen atoms in total. The summed E-state index contributed by atoms with van der Waals surface area (Å²) in [5, 5.41) is 64.4. The van der Waals surface area contributed by atoms with Gasteiger partial charge in [0.25, 0.3) is 0 Å². The van der Waals surface area contributed by atoms with Crippen molar-refractivity contribution in [2.45, 2.75) is 179 Å². The predicted octanol–water partition coefficient (Wildman–Crippen LogP) is 3.78. The van der Waals surface area contributed by atoms with Crippen molar-refractivity contribution in [2.75, 3.05) is 46.2 Å². The first-order valence-corrected chi connectivity index (χ1v) is 22.4. The molecule has 1 aromatic rings. The van der Waals surface area contributed by atoms with Crippen molar-refractivity contribution < 1.29 is 73.1 Å². The van der Waals surface area contributed by atoms with Gasteiger partial charge in [0, 0.05) is 51.1 Å². The van der Waals surface area contributed by atoms with Crippen LogP contribution in [0.25, 0.3) is 0 Å². The van der Waals surface area contributed by atoms with Crippen molar-refractivity contribution in [3.63, 3.8) is 0 Å². The Labute approximate surface area is 374 Å². The molecule has 0 unspecified atom stereocenters. The van der Waals surface area contributed by atoms with E-state index in [1.54, 1.807) is 55.6 Å². The number of nitrogens with zero attached hydrogens (tertiary/aromatic N) is 2. The fraction of sp³-hybridized carbons (Fsp3) is 0.826. The molecule has 0 aromatic heterocycles. The van der Waals surface area contributed by atoms with Crippen LogP contribution >= 0.6 is 0 Å². The molecule has 5 N–H and O–H groups in total. The van der Waals surface area contributed by atoms with Gasteiger partial charge in [-0.25, -0.2) is 0 Å². The number of cyclic esters (lactones) is 1. The molecule has 18 atom stereocenters. The van der Waals surface area contributed by atoms with Gasteiger partial charge in [0.15, 0.2) is 12.6 Å². The molecule has 0 radical (unpaired) electrons. The first-order chi connectivity index (χ1) is 29.5. The number of aliphatic hydroxyl groups excluding tert-OH is 3. The third kappa shape index (κ3) is 12.7. The Morgan fingerprint density at radius 3 is 2.17 bits per heavy atom. The summed E-state index contributed by atoms with van der Waals surface area (Å²) in [6.07, 6.45) is -9.93. The van der Waals surface area contributed by atoms with Crippen molar-refractivity contribution in [2.24, 2.45) is 28.8 Å². The van der Waals surface area contributed by atoms with E-state index in [2.05, 4.69) is 5.16 Å². The lowest BCUT2D eigenvalue weighted by molar-refractivity contribution is -0.315. The van der Waals surface area contributed by atoms with Crippen molar-refractivity contribution in [3.8, 4) is 0 Å². The molecule has 362 valence electrons. The van der Waals surface area contributed by atoms with Crippen molar-refractivity contribution >= 4 is 17.4 Å². The number of likely N-dealkylation sites (N-methyl/N-ethyl adjacent to an activating group) is 1. The Balaban J connectivity index is 1.86. The Morgan fingerprint density at radius 2 is 1.56 bits per heavy atom. The molecule has 3 aliphatic rings. The molecule has 3 saturated heterocycles. The summed E-state index contributed by atoms with van der Waals surface area (Å²) < 4.78 is 48.6. The van der Waals surface area contributed by atoms with Crippen molar-refractivity contribution in [1.29, 1.82) is 0 Å². The molecule has 3 heterocycles. The lowest BCUT2D eigenvalue weighted by Crippen LogP contribution is -2.61. The number of esters is 1. The monoisotopic (exact) mass is 899 g/mol. The normalized spacial score (nSPS) is 42.9. The number of carbonyl (C=O) groups excluding carboxylic acids is 1. The fourth-order valence-electron chi connectivity index (χ4n) is 9.66. The number of methoxy groups -OCH3 is 2. The largest absolute Gasteiger partial charge is 0.459 e. The van der Waals surface area contributed by atoms with Crippen LogP contribution in [-0.2, 0) is 47.5 Å². The molecule has 17 heteroatoms. The van der Waals surface area contributed by atoms with E-state index in [1.165, 1.54) is 14.0 Å². The Kier molecular flexibility index (Phi) is 19.2. The van der Waals surface area contributed by atoms with Crippen LogP contribution in [0.1, 0.15) is 94.9 Å². The number of benzene rings is 1. The number of anilines is 1. The number of para-hydroxylation sites is 1. The Bertz CT molecular complexity index is 1590. The zero-order valence-corrected chi connectivity index (χ0v) is 39.7. The fourth-order valence-corrected chi connectivity index (χ4v) is 9.66. The van der Waals surface area contributed by atoms with Crippen LogP contribution < -0.4 is 4.90 Å². The molecule has 0 aliphatic carbocycles. The third-order valence-electron chi connectivity index (χ3n) is 13.6. The average molecular weight is 899 g/mol. The highest BCUT2D eigenvalue weighted by atomic mass is 16.7. The standard InChI is InChI=1S/C46H78N2O15/c1-14-34-46(10,54)39(50)28(4)36(47-58-25-57-21-20-55-12)26(2)23-44(8,53)41(63-43-37(49)33(22-27(3)59-43)48(11)32-18-16-15-17-19-32)29(5)38(30(6)42(52)61-34)62-35-24-45(9,56-13)40(51)31(7)60-35/h15-19,26-31,33-35,37-41,43,49-51,53-54H,14,20-25H2,1-13H3/b47-36+/t26-,27-,28+,29+,30-,31+,33+,34-,35+,37-,38+,39-,40+,41-,43+,44-,45-,46-/m1/s1. The Morgan fingerprint density at radius 1 is 0.889 bits per heavy atom. The van der Waals surface area contributed by atoms with Crippen molar-refractivity contribution in [3.05, 3.63) is 30.3 Å². The molecule has 0 saturated carbocycles. The van der Waals surface area contributed by atoms with E-state index in [1.807, 2.05) is 56.1 Å². The van der Waals surface area contributed by atoms with Crippen LogP contribution in [0.5, 0.6) is 0 Å². The number of hydrogen-bond donors (Lipinski definition) is 5. The topological polar surface area (TPSA) is 217 Å². The van der Waals surface area contributed by atoms with Crippen LogP contribution in [-0.4, -0.2) is 163 Å². The summed E-state index contributed by atoms with van der Waals surface area (Å²) in [5.41, 5.74) is -3.68. The van der Waals surface area contributed by atoms with Crippen LogP contribution in [0.4, 0.5) is 5.69 Å². The number of aliphatic hydroxyl groups is 5. The second kappa shape index (κ2) is 22.8. The third-order valence-corrected chi connectivity index (χ3v) is 13.6. The van der Waals surface area contributed by atoms with Gasteiger partial charge in [-0.05, 0) is 72.9 Å². The second-order valence-electron chi connectivity index (χ2n) is 18.7. The van der Waals surface area contributed by atoms with Gasteiger partial charge in [0.1, 0.15) is 23.9 Å². The number of ether oxygens (including phenoxy) is 8. The summed E-state index contributed by atoms with van der Waals surface area (Å²) in [4.78, 5) is 22.0. The van der Waals surface area contributed by atoms with E-state index >= 15 is 0 Å². The van der Waals surface area contributed by atoms with E-state index in [0.717, 1.165) is 5.69 Å². The number of hydrogen-bond acceptors (Lipinski definition) is 17. The van der Waals surface area contributed by atoms with Gasteiger partial charge in [-0.2, -0.15) is 0 Å². The lowest BCUT2D eigenvalue weighted by atomic mass is 9.73. The van der Waals surface area contributed by atoms with Gasteiger partial charge in [-0.3, -0.25) is 4.79 Å². The van der Waals surface area contributed by atoms with Gasteiger partial charge >= 0.3 is 5.97 Å². The maximum Gasteiger partial charge on any atom is 0.311 e. The maximum atomic E-state index is 14.5. The minimum absolute atomic E-state index is 0.0483. The predicted molar refractivity (Wildman–Crippen MR) is 234 cm³/mol. The summed E-state index contributed by atoms with van der Waals surface area (Å²) >= 11 is 0. The quantitative estimate of drug-likeness (QED) is 0.0777. The minimum atomic E-state index is -1.98. The summed E-state index contributed by atoms with van der Waals surface area (Å²) in [6, 6.07) is 9.22. The maximum absolute atomic E-state index is 14.5. The summed E-state index contributed by atoms with van der Waals surface area (Å²) in [7, 11) is 4.94. The van der Waals surface area contributed by atoms with Crippen LogP contribution in [0.3, 0.4) is 0 Å². The highest BCUT2D eigenvalue weighted by Crippen LogP contribution is 2.41. The molecule has 3 fully saturated rings. The molecule has 0 spiro atoms. The summed E-state index contributed by atoms with van der Waals surface area (Å²) in [6.45, 7) is 17.3. The molecule has 1 aromatic carbocycles. The molecule has 4 rings (SSSR count). The van der Waals surface area contributed by atoms with E-state index in [0.29, 0.717) is 18.7 Å². The molecular weight excluding hydrogens is 821 g/mol. The van der Waals surface area contributed by atoms with Gasteiger partial charge < -0.3 is 73.2 Å². The highest BCUT2D eigenvalue weighted by molar-refractivity contribution is 5.88. The SMILES string of the molecule is CC[C@H]1OC(=O)[C@H](C)[C@@H](O[C@H]2C[C@@](C)(OC)[C@@H](O)[C@H](C)O2)[C@H](C)[C@@H](O[C@@H]2O[C@H](C)C[C@H](N(C)c3ccccc3)[C@H]2O)[C@](C)(O)C[C@@H](C)/C(=N\OCOCCOC)[C@H](C)[C@@H](O)[C@]1(C)O. The van der Waals surface area contributed by atoms with E-state index in [-0.39, 0.29) is 38.8 Å². The van der Waals surface area contributed by atoms with E-state index < -0.39 is 108 Å². The van der Waals surface area contributed by atoms with Crippen LogP contribution in [0.2, 0.25) is 0 Å². The minimum Gasteiger partial charge on any atom is -0.459 e. The summed E-state index contributed by atoms with van der Waals surface area (Å²) in [5.74, 6) is -4.23. The smallest absolute Gasteiger partial charge is 0.311 e. The van der Waals surface area contributed by atoms with Crippen molar-refractivity contribution in [1.82, 2.24) is 0 Å². The molecule has 63 heavy (non-hydrogen) atoms. The second-order valence-corrected chi connectivity index (χ2v) is 18.7. The van der Waals surface area contributed by atoms with Crippen LogP contribution in [0, 0.1) is 23.7 Å². The van der Waals surface area contributed by atoms with E-state index in [4.69, 9.17) is 42.7 Å². The van der Waals surface area contributed by atoms with Gasteiger partial charge in [-0.1, -0.05) is 51.0 Å². The van der Waals surface area contributed by atoms with Gasteiger partial charge in [0.05, 0.1) is 72.6 Å². The number of oxime groups is 1. The molecular formula is C46H78N2O15. The Hall–Kier alpha value is -2.52. The lowest BCUT2D eigenvalue weighted by Gasteiger charge is -2.49. The number of carbonyl (C=O) groups is 1. The highest BCUT2D eigenvalue weighted by Gasteiger charge is 2.53. The average Bonchev–Trinajstić information content (AvgIpc) is 3.24. The number of rotatable bonds is 14. The molecule has 3 aliphatic heterocycles. The van der Waals surface area contributed by atoms with Gasteiger partial charge in [0.2, 0.25) is 6.79 Å². The first kappa shape index (κ1) is 53.1. The van der Waals surface area contributed by atoms with E-state index in [9.17, 15) is 30.3 Å². The molecule has 0 bridgehead atoms.